The number of benzene rings is 1. The molecule has 1 aromatic carbocycles. The predicted octanol–water partition coefficient (Wildman–Crippen LogP) is 2.54. The van der Waals surface area contributed by atoms with Crippen LogP contribution in [-0.2, 0) is 6.54 Å². The maximum absolute atomic E-state index is 9.33. The molecule has 2 N–H and O–H groups in total. The number of fused-ring (bicyclic) bond motifs is 1. The van der Waals surface area contributed by atoms with Crippen molar-refractivity contribution < 1.29 is 9.52 Å². The van der Waals surface area contributed by atoms with Crippen molar-refractivity contribution in [3.8, 4) is 5.75 Å². The Morgan fingerprint density at radius 2 is 2.22 bits per heavy atom. The summed E-state index contributed by atoms with van der Waals surface area (Å²) in [6, 6.07) is 9.10. The first-order valence-corrected chi connectivity index (χ1v) is 5.53. The third-order valence-corrected chi connectivity index (χ3v) is 2.54. The van der Waals surface area contributed by atoms with Gasteiger partial charge in [0.2, 0.25) is 0 Å². The molecule has 0 radical (unpaired) electrons. The average molecular weight is 241 g/mol. The zero-order valence-electron chi connectivity index (χ0n) is 9.50. The van der Waals surface area contributed by atoms with Gasteiger partial charge in [0.1, 0.15) is 11.3 Å². The van der Waals surface area contributed by atoms with Gasteiger partial charge in [-0.15, -0.1) is 0 Å². The van der Waals surface area contributed by atoms with E-state index in [1.165, 1.54) is 6.07 Å². The van der Waals surface area contributed by atoms with E-state index in [2.05, 4.69) is 15.3 Å². The summed E-state index contributed by atoms with van der Waals surface area (Å²) in [5, 5.41) is 12.4. The maximum atomic E-state index is 9.33. The second-order valence-corrected chi connectivity index (χ2v) is 3.89. The fourth-order valence-corrected chi connectivity index (χ4v) is 1.67. The Hall–Kier alpha value is -2.56. The highest BCUT2D eigenvalue weighted by Crippen LogP contribution is 2.23. The molecular weight excluding hydrogens is 230 g/mol. The number of nitrogens with one attached hydrogen (secondary N) is 1. The lowest BCUT2D eigenvalue weighted by Gasteiger charge is -2.00. The first kappa shape index (κ1) is 10.6. The number of phenols is 1. The van der Waals surface area contributed by atoms with Crippen molar-refractivity contribution in [3.63, 3.8) is 0 Å². The number of hydrogen-bond acceptors (Lipinski definition) is 5. The summed E-state index contributed by atoms with van der Waals surface area (Å²) in [5.74, 6) is 0.164. The molecule has 0 amide bonds. The molecule has 3 aromatic rings. The Bertz CT molecular complexity index is 664. The highest BCUT2D eigenvalue weighted by atomic mass is 16.4. The zero-order chi connectivity index (χ0) is 12.4. The third kappa shape index (κ3) is 2.10. The predicted molar refractivity (Wildman–Crippen MR) is 67.2 cm³/mol. The van der Waals surface area contributed by atoms with Gasteiger partial charge in [-0.1, -0.05) is 6.07 Å². The standard InChI is InChI=1S/C13H11N3O2/c17-10-3-4-11-12(6-10)18-13(16-11)15-8-9-2-1-5-14-7-9/h1-7,17H,8H2,(H,15,16). The molecule has 0 unspecified atom stereocenters. The van der Waals surface area contributed by atoms with Crippen LogP contribution in [0.1, 0.15) is 5.56 Å². The van der Waals surface area contributed by atoms with E-state index in [0.29, 0.717) is 23.7 Å². The minimum atomic E-state index is 0.164. The van der Waals surface area contributed by atoms with Gasteiger partial charge in [0.15, 0.2) is 5.58 Å². The molecule has 0 spiro atoms. The summed E-state index contributed by atoms with van der Waals surface area (Å²) < 4.78 is 5.47. The van der Waals surface area contributed by atoms with Crippen LogP contribution in [0.15, 0.2) is 47.1 Å². The van der Waals surface area contributed by atoms with E-state index in [4.69, 9.17) is 4.42 Å². The van der Waals surface area contributed by atoms with Gasteiger partial charge < -0.3 is 14.8 Å². The second-order valence-electron chi connectivity index (χ2n) is 3.89. The van der Waals surface area contributed by atoms with Crippen LogP contribution in [0.5, 0.6) is 5.75 Å². The normalized spacial score (nSPS) is 10.7. The van der Waals surface area contributed by atoms with E-state index in [1.807, 2.05) is 12.1 Å². The van der Waals surface area contributed by atoms with Gasteiger partial charge in [0, 0.05) is 25.0 Å². The summed E-state index contributed by atoms with van der Waals surface area (Å²) in [7, 11) is 0. The van der Waals surface area contributed by atoms with Gasteiger partial charge in [0.25, 0.3) is 6.01 Å². The first-order valence-electron chi connectivity index (χ1n) is 5.53. The molecule has 5 nitrogen and oxygen atoms in total. The number of hydrogen-bond donors (Lipinski definition) is 2. The number of aromatic hydroxyl groups is 1. The van der Waals surface area contributed by atoms with Gasteiger partial charge in [-0.05, 0) is 23.8 Å². The van der Waals surface area contributed by atoms with Crippen LogP contribution in [-0.4, -0.2) is 15.1 Å². The molecule has 0 fully saturated rings. The Balaban J connectivity index is 1.79. The van der Waals surface area contributed by atoms with Crippen molar-refractivity contribution in [2.75, 3.05) is 5.32 Å². The van der Waals surface area contributed by atoms with Crippen molar-refractivity contribution >= 4 is 17.1 Å². The van der Waals surface area contributed by atoms with Gasteiger partial charge in [-0.3, -0.25) is 4.98 Å². The molecule has 5 heteroatoms. The SMILES string of the molecule is Oc1ccc2nc(NCc3cccnc3)oc2c1. The van der Waals surface area contributed by atoms with E-state index < -0.39 is 0 Å². The average Bonchev–Trinajstić information content (AvgIpc) is 2.79. The van der Waals surface area contributed by atoms with Crippen LogP contribution in [0.2, 0.25) is 0 Å². The number of nitrogens with zero attached hydrogens (tertiary/aromatic N) is 2. The largest absolute Gasteiger partial charge is 0.508 e. The Labute approximate surface area is 103 Å². The van der Waals surface area contributed by atoms with Gasteiger partial charge >= 0.3 is 0 Å². The summed E-state index contributed by atoms with van der Waals surface area (Å²) >= 11 is 0. The molecule has 0 atom stereocenters. The smallest absolute Gasteiger partial charge is 0.295 e. The summed E-state index contributed by atoms with van der Waals surface area (Å²) in [5.41, 5.74) is 2.31. The minimum Gasteiger partial charge on any atom is -0.508 e. The number of anilines is 1. The highest BCUT2D eigenvalue weighted by molar-refractivity contribution is 5.75. The van der Waals surface area contributed by atoms with Crippen LogP contribution in [0.3, 0.4) is 0 Å². The number of aromatic nitrogens is 2. The monoisotopic (exact) mass is 241 g/mol. The molecule has 0 saturated carbocycles. The van der Waals surface area contributed by atoms with Crippen molar-refractivity contribution in [1.29, 1.82) is 0 Å². The number of rotatable bonds is 3. The van der Waals surface area contributed by atoms with Gasteiger partial charge in [0.05, 0.1) is 0 Å². The molecular formula is C13H11N3O2. The lowest BCUT2D eigenvalue weighted by molar-refractivity contribution is 0.474. The summed E-state index contributed by atoms with van der Waals surface area (Å²) in [4.78, 5) is 8.29. The first-order chi connectivity index (χ1) is 8.81. The van der Waals surface area contributed by atoms with Crippen LogP contribution in [0, 0.1) is 0 Å². The van der Waals surface area contributed by atoms with Crippen LogP contribution in [0.4, 0.5) is 6.01 Å². The molecule has 0 bridgehead atoms. The van der Waals surface area contributed by atoms with E-state index in [-0.39, 0.29) is 5.75 Å². The molecule has 0 aliphatic heterocycles. The lowest BCUT2D eigenvalue weighted by atomic mass is 10.3. The van der Waals surface area contributed by atoms with Gasteiger partial charge in [-0.2, -0.15) is 4.98 Å². The Kier molecular flexibility index (Phi) is 2.57. The van der Waals surface area contributed by atoms with Crippen molar-refractivity contribution in [2.45, 2.75) is 6.54 Å². The van der Waals surface area contributed by atoms with Crippen molar-refractivity contribution in [3.05, 3.63) is 48.3 Å². The molecule has 0 aliphatic carbocycles. The molecule has 18 heavy (non-hydrogen) atoms. The molecule has 2 heterocycles. The zero-order valence-corrected chi connectivity index (χ0v) is 9.50. The van der Waals surface area contributed by atoms with Crippen molar-refractivity contribution in [2.24, 2.45) is 0 Å². The van der Waals surface area contributed by atoms with Gasteiger partial charge in [-0.25, -0.2) is 0 Å². The number of oxazole rings is 1. The topological polar surface area (TPSA) is 71.2 Å². The number of phenolic OH excluding ortho intramolecular Hbond substituents is 1. The highest BCUT2D eigenvalue weighted by Gasteiger charge is 2.05. The fourth-order valence-electron chi connectivity index (χ4n) is 1.67. The third-order valence-electron chi connectivity index (χ3n) is 2.54. The lowest BCUT2D eigenvalue weighted by Crippen LogP contribution is -1.99. The molecule has 2 aromatic heterocycles. The van der Waals surface area contributed by atoms with Crippen LogP contribution < -0.4 is 5.32 Å². The summed E-state index contributed by atoms with van der Waals surface area (Å²) in [6.45, 7) is 0.590. The number of pyridine rings is 1. The quantitative estimate of drug-likeness (QED) is 0.737. The Morgan fingerprint density at radius 3 is 3.06 bits per heavy atom. The van der Waals surface area contributed by atoms with E-state index in [9.17, 15) is 5.11 Å². The molecule has 0 saturated heterocycles. The minimum absolute atomic E-state index is 0.164. The van der Waals surface area contributed by atoms with Crippen LogP contribution >= 0.6 is 0 Å². The molecule has 0 aliphatic rings. The second kappa shape index (κ2) is 4.37. The maximum Gasteiger partial charge on any atom is 0.295 e. The summed E-state index contributed by atoms with van der Waals surface area (Å²) in [6.07, 6.45) is 3.51. The molecule has 3 rings (SSSR count). The van der Waals surface area contributed by atoms with Crippen molar-refractivity contribution in [1.82, 2.24) is 9.97 Å². The fraction of sp³-hybridized carbons (Fsp3) is 0.0769. The van der Waals surface area contributed by atoms with Crippen LogP contribution in [0.25, 0.3) is 11.1 Å². The Morgan fingerprint density at radius 1 is 1.28 bits per heavy atom. The van der Waals surface area contributed by atoms with E-state index in [1.54, 1.807) is 24.5 Å². The van der Waals surface area contributed by atoms with E-state index in [0.717, 1.165) is 5.56 Å². The van der Waals surface area contributed by atoms with E-state index >= 15 is 0 Å². The molecule has 90 valence electrons.